The Balaban J connectivity index is 2.40. The van der Waals surface area contributed by atoms with Crippen LogP contribution in [0, 0.1) is 20.6 Å². The zero-order chi connectivity index (χ0) is 16.5. The average molecular weight is 453 g/mol. The molecular formula is C13H10ClIN2O4S. The molecule has 0 radical (unpaired) electrons. The molecule has 116 valence electrons. The maximum Gasteiger partial charge on any atom is 0.289 e. The molecule has 0 aliphatic rings. The number of benzene rings is 2. The molecule has 0 atom stereocenters. The summed E-state index contributed by atoms with van der Waals surface area (Å²) in [7, 11) is -3.93. The molecule has 0 aliphatic carbocycles. The minimum atomic E-state index is -3.93. The van der Waals surface area contributed by atoms with Crippen molar-refractivity contribution >= 4 is 55.6 Å². The first kappa shape index (κ1) is 17.0. The number of hydrogen-bond acceptors (Lipinski definition) is 4. The van der Waals surface area contributed by atoms with Crippen LogP contribution in [0.3, 0.4) is 0 Å². The average Bonchev–Trinajstić information content (AvgIpc) is 2.42. The summed E-state index contributed by atoms with van der Waals surface area (Å²) in [4.78, 5) is 9.90. The fourth-order valence-electron chi connectivity index (χ4n) is 1.67. The van der Waals surface area contributed by atoms with E-state index >= 15 is 0 Å². The van der Waals surface area contributed by atoms with Gasteiger partial charge < -0.3 is 0 Å². The molecule has 22 heavy (non-hydrogen) atoms. The molecule has 0 aliphatic heterocycles. The van der Waals surface area contributed by atoms with Gasteiger partial charge in [-0.15, -0.1) is 0 Å². The predicted octanol–water partition coefficient (Wildman–Crippen LogP) is 3.96. The van der Waals surface area contributed by atoms with Crippen molar-refractivity contribution in [2.75, 3.05) is 4.72 Å². The van der Waals surface area contributed by atoms with Crippen molar-refractivity contribution in [2.24, 2.45) is 0 Å². The molecule has 0 heterocycles. The molecule has 0 saturated carbocycles. The predicted molar refractivity (Wildman–Crippen MR) is 92.8 cm³/mol. The fourth-order valence-corrected chi connectivity index (χ4v) is 3.44. The van der Waals surface area contributed by atoms with Crippen molar-refractivity contribution in [3.63, 3.8) is 0 Å². The number of halogens is 2. The summed E-state index contributed by atoms with van der Waals surface area (Å²) in [6.45, 7) is 1.91. The van der Waals surface area contributed by atoms with Crippen molar-refractivity contribution < 1.29 is 13.3 Å². The van der Waals surface area contributed by atoms with Crippen LogP contribution in [0.15, 0.2) is 41.3 Å². The minimum Gasteiger partial charge on any atom is -0.280 e. The summed E-state index contributed by atoms with van der Waals surface area (Å²) in [5.74, 6) is 0. The normalized spacial score (nSPS) is 11.2. The van der Waals surface area contributed by atoms with Gasteiger partial charge in [-0.3, -0.25) is 14.8 Å². The Morgan fingerprint density at radius 2 is 1.91 bits per heavy atom. The van der Waals surface area contributed by atoms with Crippen LogP contribution in [0.1, 0.15) is 5.56 Å². The molecule has 1 N–H and O–H groups in total. The largest absolute Gasteiger partial charge is 0.289 e. The summed E-state index contributed by atoms with van der Waals surface area (Å²) in [5.41, 5.74) is 0.946. The fraction of sp³-hybridized carbons (Fsp3) is 0.0769. The van der Waals surface area contributed by atoms with Gasteiger partial charge in [-0.25, -0.2) is 8.42 Å². The van der Waals surface area contributed by atoms with Crippen LogP contribution >= 0.6 is 34.2 Å². The van der Waals surface area contributed by atoms with E-state index in [-0.39, 0.29) is 9.92 Å². The van der Waals surface area contributed by atoms with Crippen molar-refractivity contribution in [3.8, 4) is 0 Å². The quantitative estimate of drug-likeness (QED) is 0.432. The summed E-state index contributed by atoms with van der Waals surface area (Å²) < 4.78 is 27.9. The Labute approximate surface area is 145 Å². The second-order valence-electron chi connectivity index (χ2n) is 4.44. The highest BCUT2D eigenvalue weighted by atomic mass is 127. The molecule has 9 heteroatoms. The van der Waals surface area contributed by atoms with E-state index in [2.05, 4.69) is 27.3 Å². The topological polar surface area (TPSA) is 89.3 Å². The smallest absolute Gasteiger partial charge is 0.280 e. The van der Waals surface area contributed by atoms with Gasteiger partial charge in [0.1, 0.15) is 5.02 Å². The van der Waals surface area contributed by atoms with Gasteiger partial charge in [0.25, 0.3) is 15.7 Å². The maximum absolute atomic E-state index is 12.3. The molecule has 0 saturated heterocycles. The van der Waals surface area contributed by atoms with Crippen LogP contribution in [0.2, 0.25) is 5.02 Å². The Hall–Kier alpha value is -1.39. The first-order valence-corrected chi connectivity index (χ1v) is 8.87. The highest BCUT2D eigenvalue weighted by Crippen LogP contribution is 2.28. The van der Waals surface area contributed by atoms with Crippen LogP contribution in [-0.2, 0) is 10.0 Å². The lowest BCUT2D eigenvalue weighted by molar-refractivity contribution is -0.384. The number of aryl methyl sites for hydroxylation is 1. The van der Waals surface area contributed by atoms with Gasteiger partial charge in [-0.05, 0) is 59.3 Å². The van der Waals surface area contributed by atoms with E-state index in [1.807, 2.05) is 6.92 Å². The number of nitro groups is 1. The van der Waals surface area contributed by atoms with E-state index in [4.69, 9.17) is 11.6 Å². The molecule has 2 aromatic rings. The van der Waals surface area contributed by atoms with Crippen LogP contribution < -0.4 is 4.72 Å². The summed E-state index contributed by atoms with van der Waals surface area (Å²) >= 11 is 7.77. The molecule has 2 aromatic carbocycles. The molecule has 0 amide bonds. The van der Waals surface area contributed by atoms with E-state index in [0.717, 1.165) is 15.2 Å². The summed E-state index contributed by atoms with van der Waals surface area (Å²) in [6, 6.07) is 8.43. The van der Waals surface area contributed by atoms with Crippen molar-refractivity contribution in [1.29, 1.82) is 0 Å². The molecule has 0 spiro atoms. The third-order valence-corrected chi connectivity index (χ3v) is 5.71. The van der Waals surface area contributed by atoms with Gasteiger partial charge in [0.2, 0.25) is 0 Å². The van der Waals surface area contributed by atoms with Crippen molar-refractivity contribution in [2.45, 2.75) is 11.8 Å². The van der Waals surface area contributed by atoms with Gasteiger partial charge in [-0.1, -0.05) is 17.7 Å². The summed E-state index contributed by atoms with van der Waals surface area (Å²) in [5, 5.41) is 10.7. The Bertz CT molecular complexity index is 855. The van der Waals surface area contributed by atoms with Crippen molar-refractivity contribution in [3.05, 3.63) is 60.7 Å². The summed E-state index contributed by atoms with van der Waals surface area (Å²) in [6.07, 6.45) is 0. The lowest BCUT2D eigenvalue weighted by atomic mass is 10.2. The zero-order valence-corrected chi connectivity index (χ0v) is 14.9. The van der Waals surface area contributed by atoms with Gasteiger partial charge in [0.15, 0.2) is 0 Å². The molecule has 0 unspecified atom stereocenters. The molecule has 0 aromatic heterocycles. The van der Waals surface area contributed by atoms with Gasteiger partial charge in [-0.2, -0.15) is 0 Å². The van der Waals surface area contributed by atoms with Gasteiger partial charge in [0, 0.05) is 15.3 Å². The third kappa shape index (κ3) is 3.68. The lowest BCUT2D eigenvalue weighted by Crippen LogP contribution is -2.13. The van der Waals surface area contributed by atoms with Crippen LogP contribution in [-0.4, -0.2) is 13.3 Å². The third-order valence-electron chi connectivity index (χ3n) is 2.85. The van der Waals surface area contributed by atoms with Crippen molar-refractivity contribution in [1.82, 2.24) is 0 Å². The monoisotopic (exact) mass is 452 g/mol. The van der Waals surface area contributed by atoms with Gasteiger partial charge >= 0.3 is 0 Å². The number of anilines is 1. The van der Waals surface area contributed by atoms with Gasteiger partial charge in [0.05, 0.1) is 9.82 Å². The Morgan fingerprint density at radius 1 is 1.23 bits per heavy atom. The number of nitrogens with zero attached hydrogens (tertiary/aromatic N) is 1. The number of nitro benzene ring substituents is 1. The minimum absolute atomic E-state index is 0.117. The number of sulfonamides is 1. The highest BCUT2D eigenvalue weighted by Gasteiger charge is 2.20. The van der Waals surface area contributed by atoms with E-state index in [9.17, 15) is 18.5 Å². The number of hydrogen-bond donors (Lipinski definition) is 1. The van der Waals surface area contributed by atoms with E-state index in [1.165, 1.54) is 12.1 Å². The second kappa shape index (κ2) is 6.39. The molecule has 0 bridgehead atoms. The van der Waals surface area contributed by atoms with Crippen LogP contribution in [0.5, 0.6) is 0 Å². The Morgan fingerprint density at radius 3 is 2.50 bits per heavy atom. The molecule has 0 fully saturated rings. The van der Waals surface area contributed by atoms with Crippen LogP contribution in [0.25, 0.3) is 0 Å². The Kier molecular flexibility index (Phi) is 4.93. The van der Waals surface area contributed by atoms with E-state index < -0.39 is 20.6 Å². The zero-order valence-electron chi connectivity index (χ0n) is 11.2. The second-order valence-corrected chi connectivity index (χ2v) is 7.69. The highest BCUT2D eigenvalue weighted by molar-refractivity contribution is 14.1. The van der Waals surface area contributed by atoms with E-state index in [0.29, 0.717) is 5.69 Å². The first-order valence-electron chi connectivity index (χ1n) is 5.93. The number of rotatable bonds is 4. The standard InChI is InChI=1S/C13H10ClIN2O4S/c1-8-2-3-9(6-12(8)15)16-22(20,21)10-4-5-11(14)13(7-10)17(18)19/h2-7,16H,1H3. The van der Waals surface area contributed by atoms with E-state index in [1.54, 1.807) is 18.2 Å². The lowest BCUT2D eigenvalue weighted by Gasteiger charge is -2.09. The SMILES string of the molecule is Cc1ccc(NS(=O)(=O)c2ccc(Cl)c([N+](=O)[O-])c2)cc1I. The molecular weight excluding hydrogens is 443 g/mol. The van der Waals surface area contributed by atoms with Crippen LogP contribution in [0.4, 0.5) is 11.4 Å². The molecule has 6 nitrogen and oxygen atoms in total. The number of nitrogens with one attached hydrogen (secondary N) is 1. The maximum atomic E-state index is 12.3. The first-order chi connectivity index (χ1) is 10.2. The molecule has 2 rings (SSSR count).